The van der Waals surface area contributed by atoms with Crippen LogP contribution >= 0.6 is 12.4 Å². The Morgan fingerprint density at radius 3 is 2.80 bits per heavy atom. The molecule has 0 saturated carbocycles. The number of aliphatic hydroxyl groups is 1. The van der Waals surface area contributed by atoms with Crippen LogP contribution in [0.4, 0.5) is 4.39 Å². The summed E-state index contributed by atoms with van der Waals surface area (Å²) in [5, 5.41) is 15.5. The molecule has 2 atom stereocenters. The Hall–Kier alpha value is -1.21. The van der Waals surface area contributed by atoms with Gasteiger partial charge in [-0.2, -0.15) is 0 Å². The molecule has 0 radical (unpaired) electrons. The maximum absolute atomic E-state index is 12.7. The average Bonchev–Trinajstić information content (AvgIpc) is 2.46. The van der Waals surface area contributed by atoms with Crippen LogP contribution in [0.3, 0.4) is 0 Å². The highest BCUT2D eigenvalue weighted by atomic mass is 35.5. The molecular weight excluding hydrogens is 287 g/mol. The molecule has 1 amide bonds. The van der Waals surface area contributed by atoms with E-state index in [-0.39, 0.29) is 36.7 Å². The normalized spacial score (nSPS) is 19.8. The van der Waals surface area contributed by atoms with Gasteiger partial charge in [0, 0.05) is 13.1 Å². The lowest BCUT2D eigenvalue weighted by atomic mass is 10.1. The van der Waals surface area contributed by atoms with Crippen LogP contribution in [0.2, 0.25) is 0 Å². The number of morpholine rings is 1. The minimum absolute atomic E-state index is 0. The first-order valence-electron chi connectivity index (χ1n) is 6.19. The van der Waals surface area contributed by atoms with E-state index in [0.717, 1.165) is 0 Å². The first kappa shape index (κ1) is 16.8. The molecule has 0 aromatic heterocycles. The molecule has 1 aromatic rings. The highest BCUT2D eigenvalue weighted by molar-refractivity contribution is 5.85. The number of rotatable bonds is 4. The lowest BCUT2D eigenvalue weighted by Gasteiger charge is -2.23. The number of ether oxygens (including phenoxy) is 1. The summed E-state index contributed by atoms with van der Waals surface area (Å²) in [5.74, 6) is -0.565. The van der Waals surface area contributed by atoms with Crippen LogP contribution < -0.4 is 10.6 Å². The summed E-state index contributed by atoms with van der Waals surface area (Å²) < 4.78 is 17.9. The molecular formula is C13H18ClFN2O3. The Morgan fingerprint density at radius 1 is 1.50 bits per heavy atom. The molecule has 1 aromatic carbocycles. The van der Waals surface area contributed by atoms with Gasteiger partial charge in [0.2, 0.25) is 5.91 Å². The molecule has 3 N–H and O–H groups in total. The molecule has 7 heteroatoms. The SMILES string of the molecule is Cl.O=C(NCC(O)c1ccc(F)cc1)C1COCCN1. The third kappa shape index (κ3) is 4.72. The molecule has 0 bridgehead atoms. The van der Waals surface area contributed by atoms with E-state index in [0.29, 0.717) is 25.3 Å². The number of amides is 1. The standard InChI is InChI=1S/C13H17FN2O3.ClH/c14-10-3-1-9(2-4-10)12(17)7-16-13(18)11-8-19-6-5-15-11;/h1-4,11-12,15,17H,5-8H2,(H,16,18);1H. The van der Waals surface area contributed by atoms with Crippen molar-refractivity contribution in [3.63, 3.8) is 0 Å². The quantitative estimate of drug-likeness (QED) is 0.752. The summed E-state index contributed by atoms with van der Waals surface area (Å²) in [6.07, 6.45) is -0.853. The Balaban J connectivity index is 0.00000200. The van der Waals surface area contributed by atoms with E-state index in [2.05, 4.69) is 10.6 Å². The van der Waals surface area contributed by atoms with Crippen molar-refractivity contribution in [2.75, 3.05) is 26.3 Å². The highest BCUT2D eigenvalue weighted by Crippen LogP contribution is 2.12. The lowest BCUT2D eigenvalue weighted by molar-refractivity contribution is -0.126. The maximum atomic E-state index is 12.7. The van der Waals surface area contributed by atoms with Gasteiger partial charge in [-0.1, -0.05) is 12.1 Å². The van der Waals surface area contributed by atoms with Gasteiger partial charge in [-0.15, -0.1) is 12.4 Å². The molecule has 0 spiro atoms. The van der Waals surface area contributed by atoms with Crippen molar-refractivity contribution in [1.29, 1.82) is 0 Å². The predicted octanol–water partition coefficient (Wildman–Crippen LogP) is 0.385. The van der Waals surface area contributed by atoms with Crippen molar-refractivity contribution in [1.82, 2.24) is 10.6 Å². The summed E-state index contributed by atoms with van der Waals surface area (Å²) in [6, 6.07) is 5.16. The molecule has 2 rings (SSSR count). The van der Waals surface area contributed by atoms with E-state index in [1.54, 1.807) is 0 Å². The molecule has 0 aliphatic carbocycles. The number of carbonyl (C=O) groups is 1. The first-order chi connectivity index (χ1) is 9.16. The molecule has 1 saturated heterocycles. The topological polar surface area (TPSA) is 70.6 Å². The summed E-state index contributed by atoms with van der Waals surface area (Å²) in [6.45, 7) is 1.65. The Bertz CT molecular complexity index is 424. The molecule has 1 aliphatic heterocycles. The summed E-state index contributed by atoms with van der Waals surface area (Å²) in [5.41, 5.74) is 0.564. The number of benzene rings is 1. The number of nitrogens with one attached hydrogen (secondary N) is 2. The Kier molecular flexibility index (Phi) is 6.87. The van der Waals surface area contributed by atoms with Crippen molar-refractivity contribution in [3.05, 3.63) is 35.6 Å². The minimum atomic E-state index is -0.853. The maximum Gasteiger partial charge on any atom is 0.239 e. The van der Waals surface area contributed by atoms with Gasteiger partial charge in [-0.05, 0) is 17.7 Å². The lowest BCUT2D eigenvalue weighted by Crippen LogP contribution is -2.51. The number of hydrogen-bond acceptors (Lipinski definition) is 4. The number of carbonyl (C=O) groups excluding carboxylic acids is 1. The zero-order valence-electron chi connectivity index (χ0n) is 10.8. The van der Waals surface area contributed by atoms with Gasteiger partial charge in [0.05, 0.1) is 19.3 Å². The zero-order valence-corrected chi connectivity index (χ0v) is 11.7. The molecule has 20 heavy (non-hydrogen) atoms. The highest BCUT2D eigenvalue weighted by Gasteiger charge is 2.21. The number of halogens is 2. The van der Waals surface area contributed by atoms with Crippen LogP contribution in [0.1, 0.15) is 11.7 Å². The van der Waals surface area contributed by atoms with E-state index < -0.39 is 6.10 Å². The van der Waals surface area contributed by atoms with Crippen LogP contribution in [-0.4, -0.2) is 43.4 Å². The van der Waals surface area contributed by atoms with Gasteiger partial charge in [0.25, 0.3) is 0 Å². The summed E-state index contributed by atoms with van der Waals surface area (Å²) >= 11 is 0. The number of aliphatic hydroxyl groups excluding tert-OH is 1. The summed E-state index contributed by atoms with van der Waals surface area (Å²) in [4.78, 5) is 11.8. The Labute approximate surface area is 122 Å². The zero-order chi connectivity index (χ0) is 13.7. The van der Waals surface area contributed by atoms with E-state index in [4.69, 9.17) is 4.74 Å². The molecule has 1 heterocycles. The smallest absolute Gasteiger partial charge is 0.239 e. The third-order valence-electron chi connectivity index (χ3n) is 2.96. The number of hydrogen-bond donors (Lipinski definition) is 3. The average molecular weight is 305 g/mol. The molecule has 1 fully saturated rings. The second kappa shape index (κ2) is 8.16. The van der Waals surface area contributed by atoms with E-state index in [9.17, 15) is 14.3 Å². The van der Waals surface area contributed by atoms with Crippen LogP contribution in [-0.2, 0) is 9.53 Å². The predicted molar refractivity (Wildman–Crippen MR) is 74.2 cm³/mol. The second-order valence-electron chi connectivity index (χ2n) is 4.39. The van der Waals surface area contributed by atoms with Crippen molar-refractivity contribution in [2.24, 2.45) is 0 Å². The van der Waals surface area contributed by atoms with E-state index in [1.165, 1.54) is 24.3 Å². The Morgan fingerprint density at radius 2 is 2.20 bits per heavy atom. The second-order valence-corrected chi connectivity index (χ2v) is 4.39. The van der Waals surface area contributed by atoms with Crippen molar-refractivity contribution in [2.45, 2.75) is 12.1 Å². The monoisotopic (exact) mass is 304 g/mol. The molecule has 5 nitrogen and oxygen atoms in total. The van der Waals surface area contributed by atoms with Crippen LogP contribution in [0.15, 0.2) is 24.3 Å². The van der Waals surface area contributed by atoms with Gasteiger partial charge >= 0.3 is 0 Å². The summed E-state index contributed by atoms with van der Waals surface area (Å²) in [7, 11) is 0. The van der Waals surface area contributed by atoms with Gasteiger partial charge in [-0.25, -0.2) is 4.39 Å². The van der Waals surface area contributed by atoms with Gasteiger partial charge in [0.15, 0.2) is 0 Å². The first-order valence-corrected chi connectivity index (χ1v) is 6.19. The van der Waals surface area contributed by atoms with E-state index in [1.807, 2.05) is 0 Å². The van der Waals surface area contributed by atoms with Gasteiger partial charge in [0.1, 0.15) is 11.9 Å². The van der Waals surface area contributed by atoms with Crippen molar-refractivity contribution >= 4 is 18.3 Å². The van der Waals surface area contributed by atoms with Crippen molar-refractivity contribution in [3.8, 4) is 0 Å². The third-order valence-corrected chi connectivity index (χ3v) is 2.96. The van der Waals surface area contributed by atoms with Crippen LogP contribution in [0, 0.1) is 5.82 Å². The minimum Gasteiger partial charge on any atom is -0.387 e. The fourth-order valence-electron chi connectivity index (χ4n) is 1.86. The fraction of sp³-hybridized carbons (Fsp3) is 0.462. The molecule has 112 valence electrons. The van der Waals surface area contributed by atoms with Gasteiger partial charge in [-0.3, -0.25) is 4.79 Å². The van der Waals surface area contributed by atoms with Crippen molar-refractivity contribution < 1.29 is 19.0 Å². The molecule has 2 unspecified atom stereocenters. The van der Waals surface area contributed by atoms with Crippen LogP contribution in [0.5, 0.6) is 0 Å². The molecule has 1 aliphatic rings. The van der Waals surface area contributed by atoms with E-state index >= 15 is 0 Å². The largest absolute Gasteiger partial charge is 0.387 e. The van der Waals surface area contributed by atoms with Crippen LogP contribution in [0.25, 0.3) is 0 Å². The fourth-order valence-corrected chi connectivity index (χ4v) is 1.86. The van der Waals surface area contributed by atoms with Gasteiger partial charge < -0.3 is 20.5 Å².